The zero-order chi connectivity index (χ0) is 14.1. The van der Waals surface area contributed by atoms with E-state index in [1.807, 2.05) is 0 Å². The molecule has 0 unspecified atom stereocenters. The van der Waals surface area contributed by atoms with Crippen molar-refractivity contribution < 1.29 is 28.0 Å². The van der Waals surface area contributed by atoms with Crippen LogP contribution in [0.5, 0.6) is 0 Å². The molecule has 0 bridgehead atoms. The van der Waals surface area contributed by atoms with E-state index in [-0.39, 0.29) is 0 Å². The molecule has 1 N–H and O–H groups in total. The summed E-state index contributed by atoms with van der Waals surface area (Å²) in [5.41, 5.74) is -2.33. The highest BCUT2D eigenvalue weighted by Gasteiger charge is 2.36. The molecule has 0 radical (unpaired) electrons. The van der Waals surface area contributed by atoms with Crippen LogP contribution in [-0.2, 0) is 17.4 Å². The quantitative estimate of drug-likeness (QED) is 0.683. The molecule has 0 amide bonds. The lowest BCUT2D eigenvalue weighted by atomic mass is 10.1. The predicted octanol–water partition coefficient (Wildman–Crippen LogP) is 3.00. The van der Waals surface area contributed by atoms with E-state index in [1.54, 1.807) is 0 Å². The fourth-order valence-electron chi connectivity index (χ4n) is 1.32. The Bertz CT molecular complexity index is 515. The monoisotopic (exact) mass is 327 g/mol. The first kappa shape index (κ1) is 14.4. The van der Waals surface area contributed by atoms with Crippen LogP contribution >= 0.6 is 15.9 Å². The number of halogens is 4. The van der Waals surface area contributed by atoms with Crippen molar-refractivity contribution in [1.29, 1.82) is 0 Å². The number of carboxylic acid groups (broad SMARTS) is 1. The van der Waals surface area contributed by atoms with Gasteiger partial charge in [-0.3, -0.25) is 14.9 Å². The van der Waals surface area contributed by atoms with Crippen molar-refractivity contribution >= 4 is 27.6 Å². The Balaban J connectivity index is 3.49. The van der Waals surface area contributed by atoms with E-state index in [1.165, 1.54) is 0 Å². The van der Waals surface area contributed by atoms with Crippen molar-refractivity contribution in [3.63, 3.8) is 0 Å². The smallest absolute Gasteiger partial charge is 0.417 e. The van der Waals surface area contributed by atoms with Gasteiger partial charge in [-0.2, -0.15) is 13.2 Å². The summed E-state index contributed by atoms with van der Waals surface area (Å²) in [6.07, 6.45) is -5.60. The number of carboxylic acids is 1. The Kier molecular flexibility index (Phi) is 3.95. The predicted molar refractivity (Wildman–Crippen MR) is 57.1 cm³/mol. The highest BCUT2D eigenvalue weighted by Crippen LogP contribution is 2.39. The van der Waals surface area contributed by atoms with Crippen LogP contribution in [0.4, 0.5) is 18.9 Å². The topological polar surface area (TPSA) is 80.4 Å². The lowest BCUT2D eigenvalue weighted by Gasteiger charge is -2.12. The Morgan fingerprint density at radius 1 is 1.44 bits per heavy atom. The van der Waals surface area contributed by atoms with Crippen LogP contribution < -0.4 is 0 Å². The van der Waals surface area contributed by atoms with Crippen LogP contribution in [0.15, 0.2) is 16.6 Å². The van der Waals surface area contributed by atoms with Gasteiger partial charge in [-0.05, 0) is 22.0 Å². The van der Waals surface area contributed by atoms with E-state index >= 15 is 0 Å². The molecule has 0 fully saturated rings. The molecular formula is C9H5BrF3NO4. The summed E-state index contributed by atoms with van der Waals surface area (Å²) in [4.78, 5) is 20.2. The average Bonchev–Trinajstić information content (AvgIpc) is 2.17. The number of nitro benzene ring substituents is 1. The minimum Gasteiger partial charge on any atom is -0.481 e. The number of nitro groups is 1. The average molecular weight is 328 g/mol. The Morgan fingerprint density at radius 3 is 2.39 bits per heavy atom. The number of alkyl halides is 3. The Labute approximate surface area is 106 Å². The van der Waals surface area contributed by atoms with Crippen molar-refractivity contribution in [3.8, 4) is 0 Å². The second-order valence-electron chi connectivity index (χ2n) is 3.25. The number of benzene rings is 1. The zero-order valence-corrected chi connectivity index (χ0v) is 10.1. The van der Waals surface area contributed by atoms with Gasteiger partial charge in [0.1, 0.15) is 0 Å². The van der Waals surface area contributed by atoms with Gasteiger partial charge in [0, 0.05) is 10.5 Å². The molecular weight excluding hydrogens is 323 g/mol. The number of aliphatic carboxylic acids is 1. The summed E-state index contributed by atoms with van der Waals surface area (Å²) in [5.74, 6) is -1.46. The van der Waals surface area contributed by atoms with Gasteiger partial charge in [0.05, 0.1) is 22.5 Å². The number of nitrogens with zero attached hydrogens (tertiary/aromatic N) is 1. The minimum absolute atomic E-state index is 0.512. The van der Waals surface area contributed by atoms with E-state index in [4.69, 9.17) is 5.11 Å². The van der Waals surface area contributed by atoms with E-state index in [0.29, 0.717) is 12.1 Å². The third-order valence-electron chi connectivity index (χ3n) is 2.05. The highest BCUT2D eigenvalue weighted by atomic mass is 79.9. The van der Waals surface area contributed by atoms with Gasteiger partial charge < -0.3 is 5.11 Å². The van der Waals surface area contributed by atoms with Crippen LogP contribution in [0.2, 0.25) is 0 Å². The summed E-state index contributed by atoms with van der Waals surface area (Å²) in [7, 11) is 0. The molecule has 1 aromatic rings. The van der Waals surface area contributed by atoms with E-state index < -0.39 is 44.8 Å². The largest absolute Gasteiger partial charge is 0.481 e. The molecule has 0 aromatic heterocycles. The maximum absolute atomic E-state index is 12.6. The fraction of sp³-hybridized carbons (Fsp3) is 0.222. The second-order valence-corrected chi connectivity index (χ2v) is 4.04. The highest BCUT2D eigenvalue weighted by molar-refractivity contribution is 9.10. The van der Waals surface area contributed by atoms with Crippen LogP contribution in [0.25, 0.3) is 0 Å². The van der Waals surface area contributed by atoms with Crippen LogP contribution in [0, 0.1) is 10.1 Å². The summed E-state index contributed by atoms with van der Waals surface area (Å²) < 4.78 is 37.0. The van der Waals surface area contributed by atoms with Gasteiger partial charge in [0.2, 0.25) is 0 Å². The van der Waals surface area contributed by atoms with Gasteiger partial charge in [-0.25, -0.2) is 0 Å². The summed E-state index contributed by atoms with van der Waals surface area (Å²) >= 11 is 2.58. The third-order valence-corrected chi connectivity index (χ3v) is 2.95. The van der Waals surface area contributed by atoms with Crippen LogP contribution in [0.3, 0.4) is 0 Å². The van der Waals surface area contributed by atoms with Gasteiger partial charge >= 0.3 is 12.1 Å². The van der Waals surface area contributed by atoms with Crippen LogP contribution in [-0.4, -0.2) is 16.0 Å². The first-order chi connectivity index (χ1) is 8.14. The Hall–Kier alpha value is -1.64. The van der Waals surface area contributed by atoms with Crippen molar-refractivity contribution in [2.24, 2.45) is 0 Å². The lowest BCUT2D eigenvalue weighted by Crippen LogP contribution is -2.11. The molecule has 18 heavy (non-hydrogen) atoms. The number of rotatable bonds is 3. The Morgan fingerprint density at radius 2 is 2.00 bits per heavy atom. The van der Waals surface area contributed by atoms with Gasteiger partial charge in [-0.15, -0.1) is 0 Å². The lowest BCUT2D eigenvalue weighted by molar-refractivity contribution is -0.385. The fourth-order valence-corrected chi connectivity index (χ4v) is 2.02. The SMILES string of the molecule is O=C(O)Cc1c([N+](=O)[O-])ccc(C(F)(F)F)c1Br. The molecule has 0 atom stereocenters. The normalized spacial score (nSPS) is 11.3. The molecule has 0 aliphatic rings. The molecule has 1 aromatic carbocycles. The van der Waals surface area contributed by atoms with Gasteiger partial charge in [-0.1, -0.05) is 0 Å². The van der Waals surface area contributed by atoms with Crippen molar-refractivity contribution in [2.75, 3.05) is 0 Å². The number of carbonyl (C=O) groups is 1. The van der Waals surface area contributed by atoms with E-state index in [9.17, 15) is 28.1 Å². The maximum atomic E-state index is 12.6. The minimum atomic E-state index is -4.72. The first-order valence-corrected chi connectivity index (χ1v) is 5.18. The molecule has 1 rings (SSSR count). The third kappa shape index (κ3) is 2.97. The molecule has 5 nitrogen and oxygen atoms in total. The molecule has 0 spiro atoms. The molecule has 0 aliphatic heterocycles. The van der Waals surface area contributed by atoms with Crippen LogP contribution in [0.1, 0.15) is 11.1 Å². The molecule has 0 saturated heterocycles. The standard InChI is InChI=1S/C9H5BrF3NO4/c10-8-4(3-7(15)16)6(14(17)18)2-1-5(8)9(11,12)13/h1-2H,3H2,(H,15,16). The summed E-state index contributed by atoms with van der Waals surface area (Å²) in [6.45, 7) is 0. The van der Waals surface area contributed by atoms with Gasteiger partial charge in [0.25, 0.3) is 5.69 Å². The molecule has 9 heteroatoms. The van der Waals surface area contributed by atoms with Gasteiger partial charge in [0.15, 0.2) is 0 Å². The summed E-state index contributed by atoms with van der Waals surface area (Å²) in [5, 5.41) is 19.2. The van der Waals surface area contributed by atoms with E-state index in [2.05, 4.69) is 15.9 Å². The zero-order valence-electron chi connectivity index (χ0n) is 8.49. The summed E-state index contributed by atoms with van der Waals surface area (Å²) in [6, 6.07) is 1.18. The second kappa shape index (κ2) is 4.92. The molecule has 0 saturated carbocycles. The molecule has 0 aliphatic carbocycles. The van der Waals surface area contributed by atoms with E-state index in [0.717, 1.165) is 0 Å². The number of hydrogen-bond acceptors (Lipinski definition) is 3. The molecule has 98 valence electrons. The first-order valence-electron chi connectivity index (χ1n) is 4.39. The molecule has 0 heterocycles. The van der Waals surface area contributed by atoms with Crippen molar-refractivity contribution in [3.05, 3.63) is 37.8 Å². The van der Waals surface area contributed by atoms with Crippen molar-refractivity contribution in [2.45, 2.75) is 12.6 Å². The number of hydrogen-bond donors (Lipinski definition) is 1. The maximum Gasteiger partial charge on any atom is 0.417 e. The van der Waals surface area contributed by atoms with Crippen molar-refractivity contribution in [1.82, 2.24) is 0 Å².